The van der Waals surface area contributed by atoms with Crippen molar-refractivity contribution < 1.29 is 4.74 Å². The van der Waals surface area contributed by atoms with Gasteiger partial charge in [-0.15, -0.1) is 0 Å². The molecule has 1 N–H and O–H groups in total. The second-order valence-electron chi connectivity index (χ2n) is 4.92. The Bertz CT molecular complexity index is 381. The van der Waals surface area contributed by atoms with Gasteiger partial charge in [-0.25, -0.2) is 0 Å². The van der Waals surface area contributed by atoms with Crippen molar-refractivity contribution in [3.8, 4) is 5.75 Å². The van der Waals surface area contributed by atoms with Crippen molar-refractivity contribution in [3.63, 3.8) is 0 Å². The minimum absolute atomic E-state index is 0.351. The smallest absolute Gasteiger partial charge is 0.124 e. The number of hydrogen-bond donors (Lipinski definition) is 1. The van der Waals surface area contributed by atoms with Crippen LogP contribution in [0, 0.1) is 5.92 Å². The van der Waals surface area contributed by atoms with E-state index < -0.39 is 0 Å². The summed E-state index contributed by atoms with van der Waals surface area (Å²) in [6.07, 6.45) is 2.43. The van der Waals surface area contributed by atoms with Crippen molar-refractivity contribution in [2.24, 2.45) is 5.92 Å². The van der Waals surface area contributed by atoms with Crippen molar-refractivity contribution >= 4 is 15.9 Å². The van der Waals surface area contributed by atoms with Crippen molar-refractivity contribution in [1.29, 1.82) is 0 Å². The van der Waals surface area contributed by atoms with E-state index in [1.165, 1.54) is 18.4 Å². The van der Waals surface area contributed by atoms with Crippen LogP contribution in [0.2, 0.25) is 0 Å². The van der Waals surface area contributed by atoms with Crippen LogP contribution in [0.25, 0.3) is 0 Å². The Balaban J connectivity index is 3.08. The fourth-order valence-electron chi connectivity index (χ4n) is 2.51. The van der Waals surface area contributed by atoms with Crippen molar-refractivity contribution in [2.45, 2.75) is 46.6 Å². The van der Waals surface area contributed by atoms with Gasteiger partial charge in [0.2, 0.25) is 0 Å². The molecule has 0 saturated heterocycles. The van der Waals surface area contributed by atoms with Gasteiger partial charge in [0.1, 0.15) is 5.75 Å². The summed E-state index contributed by atoms with van der Waals surface area (Å²) in [5.41, 5.74) is 1.26. The van der Waals surface area contributed by atoms with E-state index in [0.29, 0.717) is 18.6 Å². The molecule has 0 heterocycles. The highest BCUT2D eigenvalue weighted by molar-refractivity contribution is 9.10. The average molecular weight is 328 g/mol. The van der Waals surface area contributed by atoms with Crippen LogP contribution in [0.1, 0.15) is 52.1 Å². The van der Waals surface area contributed by atoms with E-state index in [2.05, 4.69) is 54.2 Å². The van der Waals surface area contributed by atoms with Gasteiger partial charge in [0.15, 0.2) is 0 Å². The quantitative estimate of drug-likeness (QED) is 0.730. The van der Waals surface area contributed by atoms with Crippen LogP contribution in [0.4, 0.5) is 0 Å². The highest BCUT2D eigenvalue weighted by Crippen LogP contribution is 2.34. The van der Waals surface area contributed by atoms with Gasteiger partial charge >= 0.3 is 0 Å². The average Bonchev–Trinajstić information content (AvgIpc) is 2.38. The summed E-state index contributed by atoms with van der Waals surface area (Å²) >= 11 is 3.57. The van der Waals surface area contributed by atoms with E-state index in [-0.39, 0.29) is 0 Å². The predicted octanol–water partition coefficient (Wildman–Crippen LogP) is 4.93. The first-order chi connectivity index (χ1) is 9.13. The Morgan fingerprint density at radius 2 is 2.00 bits per heavy atom. The minimum Gasteiger partial charge on any atom is -0.494 e. The molecule has 0 aliphatic heterocycles. The molecule has 108 valence electrons. The molecule has 1 rings (SSSR count). The van der Waals surface area contributed by atoms with E-state index in [0.717, 1.165) is 16.8 Å². The zero-order valence-electron chi connectivity index (χ0n) is 12.5. The summed E-state index contributed by atoms with van der Waals surface area (Å²) in [5.74, 6) is 1.60. The molecule has 0 fully saturated rings. The fourth-order valence-corrected chi connectivity index (χ4v) is 2.89. The number of rotatable bonds is 8. The molecule has 2 unspecified atom stereocenters. The maximum atomic E-state index is 5.79. The fraction of sp³-hybridized carbons (Fsp3) is 0.625. The maximum Gasteiger partial charge on any atom is 0.124 e. The molecule has 0 amide bonds. The van der Waals surface area contributed by atoms with Gasteiger partial charge in [-0.2, -0.15) is 0 Å². The SMILES string of the molecule is CCCC(C)C(NCC)c1cc(Br)ccc1OCC. The minimum atomic E-state index is 0.351. The summed E-state index contributed by atoms with van der Waals surface area (Å²) in [7, 11) is 0. The monoisotopic (exact) mass is 327 g/mol. The summed E-state index contributed by atoms with van der Waals surface area (Å²) in [4.78, 5) is 0. The van der Waals surface area contributed by atoms with Gasteiger partial charge in [-0.05, 0) is 44.0 Å². The molecule has 0 aliphatic rings. The number of nitrogens with one attached hydrogen (secondary N) is 1. The van der Waals surface area contributed by atoms with Gasteiger partial charge in [0.25, 0.3) is 0 Å². The van der Waals surface area contributed by atoms with Gasteiger partial charge in [-0.1, -0.05) is 43.1 Å². The van der Waals surface area contributed by atoms with Crippen LogP contribution in [0.3, 0.4) is 0 Å². The molecule has 0 radical (unpaired) electrons. The third-order valence-electron chi connectivity index (χ3n) is 3.34. The lowest BCUT2D eigenvalue weighted by Gasteiger charge is -2.27. The number of hydrogen-bond acceptors (Lipinski definition) is 2. The Morgan fingerprint density at radius 1 is 1.26 bits per heavy atom. The van der Waals surface area contributed by atoms with E-state index in [9.17, 15) is 0 Å². The molecule has 0 aliphatic carbocycles. The van der Waals surface area contributed by atoms with E-state index >= 15 is 0 Å². The lowest BCUT2D eigenvalue weighted by Crippen LogP contribution is -2.27. The Labute approximate surface area is 126 Å². The molecule has 0 saturated carbocycles. The molecule has 2 nitrogen and oxygen atoms in total. The second kappa shape index (κ2) is 8.60. The maximum absolute atomic E-state index is 5.79. The van der Waals surface area contributed by atoms with E-state index in [1.807, 2.05) is 13.0 Å². The first-order valence-electron chi connectivity index (χ1n) is 7.29. The summed E-state index contributed by atoms with van der Waals surface area (Å²) in [6, 6.07) is 6.64. The molecular formula is C16H26BrNO. The van der Waals surface area contributed by atoms with Crippen molar-refractivity contribution in [2.75, 3.05) is 13.2 Å². The second-order valence-corrected chi connectivity index (χ2v) is 5.83. The summed E-state index contributed by atoms with van der Waals surface area (Å²) in [5, 5.41) is 3.61. The topological polar surface area (TPSA) is 21.3 Å². The molecular weight excluding hydrogens is 302 g/mol. The lowest BCUT2D eigenvalue weighted by molar-refractivity contribution is 0.314. The predicted molar refractivity (Wildman–Crippen MR) is 85.8 cm³/mol. The molecule has 1 aromatic carbocycles. The number of benzene rings is 1. The first kappa shape index (κ1) is 16.5. The molecule has 1 aromatic rings. The number of ether oxygens (including phenoxy) is 1. The third kappa shape index (κ3) is 4.81. The third-order valence-corrected chi connectivity index (χ3v) is 3.84. The van der Waals surface area contributed by atoms with E-state index in [4.69, 9.17) is 4.74 Å². The van der Waals surface area contributed by atoms with Crippen LogP contribution >= 0.6 is 15.9 Å². The highest BCUT2D eigenvalue weighted by Gasteiger charge is 2.21. The number of halogens is 1. The molecule has 0 bridgehead atoms. The summed E-state index contributed by atoms with van der Waals surface area (Å²) < 4.78 is 6.90. The summed E-state index contributed by atoms with van der Waals surface area (Å²) in [6.45, 7) is 10.4. The first-order valence-corrected chi connectivity index (χ1v) is 8.08. The van der Waals surface area contributed by atoms with Crippen LogP contribution in [0.15, 0.2) is 22.7 Å². The van der Waals surface area contributed by atoms with Crippen LogP contribution < -0.4 is 10.1 Å². The van der Waals surface area contributed by atoms with Gasteiger partial charge in [0.05, 0.1) is 6.61 Å². The van der Waals surface area contributed by atoms with Gasteiger partial charge in [-0.3, -0.25) is 0 Å². The van der Waals surface area contributed by atoms with Gasteiger partial charge in [0, 0.05) is 16.1 Å². The Morgan fingerprint density at radius 3 is 2.58 bits per heavy atom. The largest absolute Gasteiger partial charge is 0.494 e. The standard InChI is InChI=1S/C16H26BrNO/c1-5-8-12(4)16(18-6-2)14-11-13(17)9-10-15(14)19-7-3/h9-12,16,18H,5-8H2,1-4H3. The van der Waals surface area contributed by atoms with Crippen molar-refractivity contribution in [3.05, 3.63) is 28.2 Å². The normalized spacial score (nSPS) is 14.2. The zero-order valence-corrected chi connectivity index (χ0v) is 14.1. The van der Waals surface area contributed by atoms with Crippen LogP contribution in [-0.2, 0) is 0 Å². The van der Waals surface area contributed by atoms with Crippen LogP contribution in [0.5, 0.6) is 5.75 Å². The highest BCUT2D eigenvalue weighted by atomic mass is 79.9. The molecule has 3 heteroatoms. The zero-order chi connectivity index (χ0) is 14.3. The lowest BCUT2D eigenvalue weighted by atomic mass is 9.90. The molecule has 0 spiro atoms. The van der Waals surface area contributed by atoms with E-state index in [1.54, 1.807) is 0 Å². The molecule has 0 aromatic heterocycles. The Kier molecular flexibility index (Phi) is 7.47. The molecule has 2 atom stereocenters. The van der Waals surface area contributed by atoms with Gasteiger partial charge < -0.3 is 10.1 Å². The van der Waals surface area contributed by atoms with Crippen LogP contribution in [-0.4, -0.2) is 13.2 Å². The molecule has 19 heavy (non-hydrogen) atoms. The Hall–Kier alpha value is -0.540. The van der Waals surface area contributed by atoms with Crippen molar-refractivity contribution in [1.82, 2.24) is 5.32 Å².